The number of aromatic amines is 1. The van der Waals surface area contributed by atoms with Gasteiger partial charge in [-0.3, -0.25) is 5.10 Å². The average molecular weight is 222 g/mol. The van der Waals surface area contributed by atoms with Gasteiger partial charge in [0.05, 0.1) is 0 Å². The third-order valence-electron chi connectivity index (χ3n) is 3.24. The zero-order valence-corrected chi connectivity index (χ0v) is 10.5. The highest BCUT2D eigenvalue weighted by atomic mass is 15.3. The van der Waals surface area contributed by atoms with E-state index in [0.717, 1.165) is 31.7 Å². The van der Waals surface area contributed by atoms with E-state index in [1.165, 1.54) is 5.69 Å². The number of piperidine rings is 1. The average Bonchev–Trinajstić information content (AvgIpc) is 2.67. The number of nitrogens with one attached hydrogen (secondary N) is 1. The van der Waals surface area contributed by atoms with Gasteiger partial charge in [0.25, 0.3) is 0 Å². The number of nitrogens with zero attached hydrogens (tertiary/aromatic N) is 2. The van der Waals surface area contributed by atoms with Gasteiger partial charge in [0, 0.05) is 36.3 Å². The minimum Gasteiger partial charge on any atom is -0.355 e. The quantitative estimate of drug-likeness (QED) is 0.759. The molecule has 0 aromatic carbocycles. The van der Waals surface area contributed by atoms with Gasteiger partial charge in [-0.15, -0.1) is 0 Å². The summed E-state index contributed by atoms with van der Waals surface area (Å²) in [4.78, 5) is 2.31. The van der Waals surface area contributed by atoms with Crippen LogP contribution in [0, 0.1) is 0 Å². The van der Waals surface area contributed by atoms with Gasteiger partial charge in [-0.2, -0.15) is 5.10 Å². The number of aromatic nitrogens is 2. The van der Waals surface area contributed by atoms with Crippen molar-refractivity contribution in [3.05, 3.63) is 11.8 Å². The van der Waals surface area contributed by atoms with Gasteiger partial charge in [0.2, 0.25) is 0 Å². The first-order chi connectivity index (χ1) is 7.47. The Kier molecular flexibility index (Phi) is 2.93. The van der Waals surface area contributed by atoms with Gasteiger partial charge in [-0.1, -0.05) is 20.8 Å². The van der Waals surface area contributed by atoms with Gasteiger partial charge in [-0.05, 0) is 12.8 Å². The van der Waals surface area contributed by atoms with Crippen LogP contribution in [0.4, 0.5) is 5.82 Å². The molecule has 1 aromatic rings. The summed E-state index contributed by atoms with van der Waals surface area (Å²) < 4.78 is 0. The molecule has 0 unspecified atom stereocenters. The number of H-pyrrole nitrogens is 1. The van der Waals surface area contributed by atoms with E-state index in [1.54, 1.807) is 0 Å². The van der Waals surface area contributed by atoms with Crippen molar-refractivity contribution in [1.29, 1.82) is 0 Å². The van der Waals surface area contributed by atoms with Crippen LogP contribution in [-0.4, -0.2) is 29.3 Å². The molecule has 0 atom stereocenters. The Balaban J connectivity index is 2.08. The molecule has 1 fully saturated rings. The van der Waals surface area contributed by atoms with E-state index in [-0.39, 0.29) is 5.41 Å². The summed E-state index contributed by atoms with van der Waals surface area (Å²) in [5.41, 5.74) is 7.22. The summed E-state index contributed by atoms with van der Waals surface area (Å²) in [6.45, 7) is 8.62. The molecule has 1 saturated heterocycles. The molecular formula is C12H22N4. The van der Waals surface area contributed by atoms with Crippen molar-refractivity contribution in [3.8, 4) is 0 Å². The predicted molar refractivity (Wildman–Crippen MR) is 66.7 cm³/mol. The van der Waals surface area contributed by atoms with Crippen LogP contribution >= 0.6 is 0 Å². The second-order valence-corrected chi connectivity index (χ2v) is 5.71. The number of anilines is 1. The highest BCUT2D eigenvalue weighted by molar-refractivity contribution is 5.41. The normalized spacial score (nSPS) is 19.1. The standard InChI is InChI=1S/C12H22N4/c1-12(2,3)10-8-11(15-14-10)16-6-4-9(13)5-7-16/h8-9H,4-7,13H2,1-3H3,(H,14,15). The molecule has 16 heavy (non-hydrogen) atoms. The van der Waals surface area contributed by atoms with Crippen molar-refractivity contribution in [2.75, 3.05) is 18.0 Å². The van der Waals surface area contributed by atoms with E-state index in [1.807, 2.05) is 0 Å². The summed E-state index contributed by atoms with van der Waals surface area (Å²) in [5, 5.41) is 7.52. The molecule has 2 heterocycles. The van der Waals surface area contributed by atoms with Gasteiger partial charge >= 0.3 is 0 Å². The van der Waals surface area contributed by atoms with Crippen LogP contribution in [0.3, 0.4) is 0 Å². The molecule has 0 radical (unpaired) electrons. The van der Waals surface area contributed by atoms with Gasteiger partial charge in [0.1, 0.15) is 0 Å². The molecular weight excluding hydrogens is 200 g/mol. The number of hydrogen-bond donors (Lipinski definition) is 2. The Morgan fingerprint density at radius 1 is 1.38 bits per heavy atom. The maximum absolute atomic E-state index is 5.89. The van der Waals surface area contributed by atoms with Crippen molar-refractivity contribution in [1.82, 2.24) is 10.2 Å². The lowest BCUT2D eigenvalue weighted by Crippen LogP contribution is -2.39. The molecule has 0 amide bonds. The lowest BCUT2D eigenvalue weighted by atomic mass is 9.92. The summed E-state index contributed by atoms with van der Waals surface area (Å²) in [6.07, 6.45) is 2.13. The Labute approximate surface area is 97.2 Å². The molecule has 4 nitrogen and oxygen atoms in total. The molecule has 1 aromatic heterocycles. The van der Waals surface area contributed by atoms with Gasteiger partial charge in [-0.25, -0.2) is 0 Å². The van der Waals surface area contributed by atoms with Crippen LogP contribution in [0.5, 0.6) is 0 Å². The highest BCUT2D eigenvalue weighted by Gasteiger charge is 2.21. The molecule has 1 aliphatic heterocycles. The maximum Gasteiger partial charge on any atom is 0.150 e. The molecule has 4 heteroatoms. The fraction of sp³-hybridized carbons (Fsp3) is 0.750. The van der Waals surface area contributed by atoms with Gasteiger partial charge < -0.3 is 10.6 Å². The largest absolute Gasteiger partial charge is 0.355 e. The van der Waals surface area contributed by atoms with E-state index < -0.39 is 0 Å². The first-order valence-electron chi connectivity index (χ1n) is 6.03. The zero-order valence-electron chi connectivity index (χ0n) is 10.5. The molecule has 1 aliphatic rings. The summed E-state index contributed by atoms with van der Waals surface area (Å²) in [5.74, 6) is 1.07. The van der Waals surface area contributed by atoms with Crippen LogP contribution in [0.15, 0.2) is 6.07 Å². The van der Waals surface area contributed by atoms with E-state index in [9.17, 15) is 0 Å². The zero-order chi connectivity index (χ0) is 11.8. The summed E-state index contributed by atoms with van der Waals surface area (Å²) in [6, 6.07) is 2.54. The SMILES string of the molecule is CC(C)(C)c1cc(N2CCC(N)CC2)n[nH]1. The minimum atomic E-state index is 0.136. The van der Waals surface area contributed by atoms with Crippen LogP contribution in [0.25, 0.3) is 0 Å². The topological polar surface area (TPSA) is 57.9 Å². The van der Waals surface area contributed by atoms with Crippen molar-refractivity contribution < 1.29 is 0 Å². The number of rotatable bonds is 1. The van der Waals surface area contributed by atoms with Crippen LogP contribution in [0.1, 0.15) is 39.3 Å². The molecule has 2 rings (SSSR count). The van der Waals surface area contributed by atoms with Crippen molar-refractivity contribution >= 4 is 5.82 Å². The first-order valence-corrected chi connectivity index (χ1v) is 6.03. The van der Waals surface area contributed by atoms with Crippen molar-refractivity contribution in [2.45, 2.75) is 45.1 Å². The third kappa shape index (κ3) is 2.38. The summed E-state index contributed by atoms with van der Waals surface area (Å²) >= 11 is 0. The Hall–Kier alpha value is -1.03. The van der Waals surface area contributed by atoms with E-state index in [4.69, 9.17) is 5.73 Å². The Morgan fingerprint density at radius 2 is 2.00 bits per heavy atom. The van der Waals surface area contributed by atoms with Crippen LogP contribution in [-0.2, 0) is 5.41 Å². The molecule has 90 valence electrons. The lowest BCUT2D eigenvalue weighted by Gasteiger charge is -2.30. The Bertz CT molecular complexity index is 342. The first kappa shape index (κ1) is 11.5. The molecule has 0 saturated carbocycles. The van der Waals surface area contributed by atoms with E-state index >= 15 is 0 Å². The van der Waals surface area contributed by atoms with Crippen molar-refractivity contribution in [3.63, 3.8) is 0 Å². The Morgan fingerprint density at radius 3 is 2.50 bits per heavy atom. The fourth-order valence-electron chi connectivity index (χ4n) is 1.99. The smallest absolute Gasteiger partial charge is 0.150 e. The fourth-order valence-corrected chi connectivity index (χ4v) is 1.99. The molecule has 3 N–H and O–H groups in total. The second-order valence-electron chi connectivity index (χ2n) is 5.71. The van der Waals surface area contributed by atoms with Crippen LogP contribution < -0.4 is 10.6 Å². The summed E-state index contributed by atoms with van der Waals surface area (Å²) in [7, 11) is 0. The lowest BCUT2D eigenvalue weighted by molar-refractivity contribution is 0.498. The molecule has 0 bridgehead atoms. The third-order valence-corrected chi connectivity index (χ3v) is 3.24. The van der Waals surface area contributed by atoms with Gasteiger partial charge in [0.15, 0.2) is 5.82 Å². The second kappa shape index (κ2) is 4.09. The van der Waals surface area contributed by atoms with Crippen LogP contribution in [0.2, 0.25) is 0 Å². The van der Waals surface area contributed by atoms with E-state index in [2.05, 4.69) is 41.9 Å². The van der Waals surface area contributed by atoms with E-state index in [0.29, 0.717) is 6.04 Å². The predicted octanol–water partition coefficient (Wildman–Crippen LogP) is 1.63. The highest BCUT2D eigenvalue weighted by Crippen LogP contribution is 2.25. The monoisotopic (exact) mass is 222 g/mol. The molecule has 0 aliphatic carbocycles. The maximum atomic E-state index is 5.89. The number of hydrogen-bond acceptors (Lipinski definition) is 3. The van der Waals surface area contributed by atoms with Crippen molar-refractivity contribution in [2.24, 2.45) is 5.73 Å². The molecule has 0 spiro atoms. The number of nitrogens with two attached hydrogens (primary N) is 1. The minimum absolute atomic E-state index is 0.136.